The van der Waals surface area contributed by atoms with Crippen LogP contribution < -0.4 is 16.2 Å². The summed E-state index contributed by atoms with van der Waals surface area (Å²) in [5.74, 6) is -0.579. The third-order valence-corrected chi connectivity index (χ3v) is 3.74. The van der Waals surface area contributed by atoms with Gasteiger partial charge in [0, 0.05) is 18.3 Å². The average Bonchev–Trinajstić information content (AvgIpc) is 3.03. The van der Waals surface area contributed by atoms with Crippen molar-refractivity contribution in [1.29, 1.82) is 0 Å². The molecule has 140 valence electrons. The molecule has 0 fully saturated rings. The Morgan fingerprint density at radius 1 is 1.15 bits per heavy atom. The number of fused-ring (bicyclic) bond motifs is 1. The second-order valence-corrected chi connectivity index (χ2v) is 5.81. The molecule has 10 heteroatoms. The largest absolute Gasteiger partial charge is 0.394 e. The molecule has 3 N–H and O–H groups in total. The minimum absolute atomic E-state index is 0.120. The minimum Gasteiger partial charge on any atom is -0.394 e. The van der Waals surface area contributed by atoms with Gasteiger partial charge in [-0.2, -0.15) is 5.10 Å². The van der Waals surface area contributed by atoms with E-state index in [2.05, 4.69) is 20.7 Å². The molecule has 0 atom stereocenters. The summed E-state index contributed by atoms with van der Waals surface area (Å²) in [5.41, 5.74) is 1.12. The predicted octanol–water partition coefficient (Wildman–Crippen LogP) is 0.182. The lowest BCUT2D eigenvalue weighted by Crippen LogP contribution is -2.28. The number of anilines is 2. The van der Waals surface area contributed by atoms with Crippen LogP contribution in [0, 0.1) is 0 Å². The van der Waals surface area contributed by atoms with Crippen molar-refractivity contribution in [2.45, 2.75) is 20.0 Å². The fraction of sp³-hybridized carbons (Fsp3) is 0.235. The van der Waals surface area contributed by atoms with Crippen LogP contribution in [0.1, 0.15) is 6.92 Å². The number of aliphatic hydroxyl groups is 1. The number of amides is 2. The molecule has 2 aromatic heterocycles. The molecule has 0 unspecified atom stereocenters. The number of hydrogen-bond donors (Lipinski definition) is 3. The molecule has 0 aliphatic carbocycles. The van der Waals surface area contributed by atoms with Gasteiger partial charge >= 0.3 is 0 Å². The van der Waals surface area contributed by atoms with Gasteiger partial charge in [-0.3, -0.25) is 19.0 Å². The summed E-state index contributed by atoms with van der Waals surface area (Å²) >= 11 is 0. The highest BCUT2D eigenvalue weighted by Gasteiger charge is 2.12. The normalized spacial score (nSPS) is 10.7. The lowest BCUT2D eigenvalue weighted by Gasteiger charge is -2.08. The van der Waals surface area contributed by atoms with Gasteiger partial charge in [0.1, 0.15) is 18.3 Å². The molecule has 10 nitrogen and oxygen atoms in total. The van der Waals surface area contributed by atoms with E-state index in [1.165, 1.54) is 28.7 Å². The van der Waals surface area contributed by atoms with Crippen molar-refractivity contribution >= 4 is 34.2 Å². The first-order valence-electron chi connectivity index (χ1n) is 8.17. The van der Waals surface area contributed by atoms with E-state index in [1.54, 1.807) is 24.3 Å². The van der Waals surface area contributed by atoms with Crippen LogP contribution in [-0.2, 0) is 22.7 Å². The zero-order valence-corrected chi connectivity index (χ0v) is 14.5. The molecule has 0 saturated carbocycles. The van der Waals surface area contributed by atoms with E-state index in [0.29, 0.717) is 17.0 Å². The molecule has 0 spiro atoms. The van der Waals surface area contributed by atoms with Crippen LogP contribution in [0.15, 0.2) is 41.6 Å². The predicted molar refractivity (Wildman–Crippen MR) is 98.2 cm³/mol. The standard InChI is InChI=1S/C17H18N6O4/c1-11(25)20-12-2-4-13(5-3-12)21-15(26)9-22-10-18-16-14(17(22)27)8-19-23(16)6-7-24/h2-5,8,10,24H,6-7,9H2,1H3,(H,20,25)(H,21,26). The van der Waals surface area contributed by atoms with Gasteiger partial charge in [-0.1, -0.05) is 0 Å². The summed E-state index contributed by atoms with van der Waals surface area (Å²) in [7, 11) is 0. The lowest BCUT2D eigenvalue weighted by molar-refractivity contribution is -0.117. The zero-order chi connectivity index (χ0) is 19.4. The van der Waals surface area contributed by atoms with Crippen LogP contribution in [0.2, 0.25) is 0 Å². The minimum atomic E-state index is -0.395. The first kappa shape index (κ1) is 18.3. The Hall–Kier alpha value is -3.53. The molecule has 27 heavy (non-hydrogen) atoms. The first-order chi connectivity index (χ1) is 13.0. The van der Waals surface area contributed by atoms with E-state index in [4.69, 9.17) is 5.11 Å². The van der Waals surface area contributed by atoms with Gasteiger partial charge in [0.05, 0.1) is 19.3 Å². The molecular weight excluding hydrogens is 352 g/mol. The number of aliphatic hydroxyl groups excluding tert-OH is 1. The summed E-state index contributed by atoms with van der Waals surface area (Å²) in [6, 6.07) is 6.61. The molecular formula is C17H18N6O4. The molecule has 0 bridgehead atoms. The Balaban J connectivity index is 1.71. The molecule has 2 amide bonds. The van der Waals surface area contributed by atoms with Gasteiger partial charge in [0.2, 0.25) is 11.8 Å². The van der Waals surface area contributed by atoms with E-state index in [9.17, 15) is 14.4 Å². The van der Waals surface area contributed by atoms with Crippen LogP contribution in [-0.4, -0.2) is 42.9 Å². The highest BCUT2D eigenvalue weighted by Crippen LogP contribution is 2.13. The summed E-state index contributed by atoms with van der Waals surface area (Å²) in [6.45, 7) is 1.31. The van der Waals surface area contributed by atoms with Crippen molar-refractivity contribution in [1.82, 2.24) is 19.3 Å². The Labute approximate surface area is 153 Å². The van der Waals surface area contributed by atoms with Crippen molar-refractivity contribution in [2.75, 3.05) is 17.2 Å². The second-order valence-electron chi connectivity index (χ2n) is 5.81. The quantitative estimate of drug-likeness (QED) is 0.567. The Bertz CT molecular complexity index is 1040. The maximum Gasteiger partial charge on any atom is 0.264 e. The highest BCUT2D eigenvalue weighted by molar-refractivity contribution is 5.92. The molecule has 3 aromatic rings. The van der Waals surface area contributed by atoms with Gasteiger partial charge in [-0.15, -0.1) is 0 Å². The molecule has 0 aliphatic heterocycles. The number of carbonyl (C=O) groups is 2. The third-order valence-electron chi connectivity index (χ3n) is 3.74. The molecule has 2 heterocycles. The van der Waals surface area contributed by atoms with E-state index in [1.807, 2.05) is 0 Å². The fourth-order valence-corrected chi connectivity index (χ4v) is 2.56. The summed E-state index contributed by atoms with van der Waals surface area (Å²) in [6.07, 6.45) is 2.65. The number of nitrogens with zero attached hydrogens (tertiary/aromatic N) is 4. The molecule has 0 saturated heterocycles. The number of benzene rings is 1. The maximum atomic E-state index is 12.5. The van der Waals surface area contributed by atoms with Gasteiger partial charge in [0.15, 0.2) is 5.65 Å². The second kappa shape index (κ2) is 7.79. The van der Waals surface area contributed by atoms with Crippen LogP contribution in [0.5, 0.6) is 0 Å². The van der Waals surface area contributed by atoms with E-state index < -0.39 is 5.91 Å². The highest BCUT2D eigenvalue weighted by atomic mass is 16.3. The fourth-order valence-electron chi connectivity index (χ4n) is 2.56. The summed E-state index contributed by atoms with van der Waals surface area (Å²) in [5, 5.41) is 18.6. The summed E-state index contributed by atoms with van der Waals surface area (Å²) < 4.78 is 2.62. The number of aromatic nitrogens is 4. The van der Waals surface area contributed by atoms with Crippen LogP contribution >= 0.6 is 0 Å². The van der Waals surface area contributed by atoms with Crippen LogP contribution in [0.3, 0.4) is 0 Å². The van der Waals surface area contributed by atoms with Crippen LogP contribution in [0.4, 0.5) is 11.4 Å². The van der Waals surface area contributed by atoms with Gasteiger partial charge in [-0.05, 0) is 24.3 Å². The van der Waals surface area contributed by atoms with Gasteiger partial charge in [0.25, 0.3) is 5.56 Å². The SMILES string of the molecule is CC(=O)Nc1ccc(NC(=O)Cn2cnc3c(cnn3CCO)c2=O)cc1. The summed E-state index contributed by atoms with van der Waals surface area (Å²) in [4.78, 5) is 39.8. The van der Waals surface area contributed by atoms with Crippen molar-refractivity contribution < 1.29 is 14.7 Å². The zero-order valence-electron chi connectivity index (χ0n) is 14.5. The first-order valence-corrected chi connectivity index (χ1v) is 8.17. The van der Waals surface area contributed by atoms with Crippen molar-refractivity contribution in [2.24, 2.45) is 0 Å². The van der Waals surface area contributed by atoms with Crippen molar-refractivity contribution in [3.63, 3.8) is 0 Å². The third kappa shape index (κ3) is 4.18. The van der Waals surface area contributed by atoms with E-state index in [-0.39, 0.29) is 36.5 Å². The number of carbonyl (C=O) groups excluding carboxylic acids is 2. The monoisotopic (exact) mass is 370 g/mol. The van der Waals surface area contributed by atoms with Gasteiger partial charge in [-0.25, -0.2) is 9.67 Å². The molecule has 0 radical (unpaired) electrons. The van der Waals surface area contributed by atoms with Crippen molar-refractivity contribution in [3.8, 4) is 0 Å². The van der Waals surface area contributed by atoms with Crippen LogP contribution in [0.25, 0.3) is 11.0 Å². The number of rotatable bonds is 6. The number of hydrogen-bond acceptors (Lipinski definition) is 6. The van der Waals surface area contributed by atoms with Crippen molar-refractivity contribution in [3.05, 3.63) is 47.1 Å². The van der Waals surface area contributed by atoms with E-state index >= 15 is 0 Å². The van der Waals surface area contributed by atoms with Gasteiger partial charge < -0.3 is 15.7 Å². The Morgan fingerprint density at radius 2 is 1.81 bits per heavy atom. The number of nitrogens with one attached hydrogen (secondary N) is 2. The van der Waals surface area contributed by atoms with E-state index in [0.717, 1.165) is 0 Å². The average molecular weight is 370 g/mol. The lowest BCUT2D eigenvalue weighted by atomic mass is 10.2. The smallest absolute Gasteiger partial charge is 0.264 e. The Kier molecular flexibility index (Phi) is 5.27. The topological polar surface area (TPSA) is 131 Å². The molecule has 3 rings (SSSR count). The molecule has 0 aliphatic rings. The molecule has 1 aromatic carbocycles. The Morgan fingerprint density at radius 3 is 2.44 bits per heavy atom. The maximum absolute atomic E-state index is 12.5.